The van der Waals surface area contributed by atoms with Gasteiger partial charge in [-0.1, -0.05) is 84.7 Å². The molecule has 3 aromatic rings. The molecular formula is C33H39Cl2FN2O3S. The molecule has 5 nitrogen and oxygen atoms in total. The number of para-hydroxylation sites is 1. The summed E-state index contributed by atoms with van der Waals surface area (Å²) < 4.78 is 21.9. The molecule has 1 saturated carbocycles. The average Bonchev–Trinajstić information content (AvgIpc) is 3.82. The number of ether oxygens (including phenoxy) is 1. The van der Waals surface area contributed by atoms with Crippen molar-refractivity contribution in [2.24, 2.45) is 0 Å². The van der Waals surface area contributed by atoms with Gasteiger partial charge in [-0.05, 0) is 80.1 Å². The summed E-state index contributed by atoms with van der Waals surface area (Å²) in [6.07, 6.45) is 7.52. The van der Waals surface area contributed by atoms with Crippen molar-refractivity contribution >= 4 is 46.7 Å². The third-order valence-corrected chi connectivity index (χ3v) is 8.36. The Labute approximate surface area is 263 Å². The first-order valence-corrected chi connectivity index (χ1v) is 15.7. The van der Waals surface area contributed by atoms with Gasteiger partial charge >= 0.3 is 0 Å². The molecule has 0 radical (unpaired) electrons. The molecule has 0 spiro atoms. The van der Waals surface area contributed by atoms with Crippen molar-refractivity contribution in [2.45, 2.75) is 50.4 Å². The first kappa shape index (κ1) is 33.9. The second-order valence-electron chi connectivity index (χ2n) is 9.81. The summed E-state index contributed by atoms with van der Waals surface area (Å²) in [5, 5.41) is 12.1. The number of amides is 1. The zero-order valence-corrected chi connectivity index (χ0v) is 26.4. The molecule has 3 aromatic carbocycles. The number of aliphatic hydroxyl groups excluding tert-OH is 1. The molecule has 2 aliphatic rings. The number of rotatable bonds is 9. The Morgan fingerprint density at radius 2 is 1.69 bits per heavy atom. The largest absolute Gasteiger partial charge is 0.394 e. The molecule has 5 rings (SSSR count). The van der Waals surface area contributed by atoms with Gasteiger partial charge in [0.25, 0.3) is 0 Å². The van der Waals surface area contributed by atoms with Gasteiger partial charge in [-0.3, -0.25) is 4.79 Å². The summed E-state index contributed by atoms with van der Waals surface area (Å²) in [5.41, 5.74) is 1.36. The number of carbonyl (C=O) groups is 1. The zero-order valence-electron chi connectivity index (χ0n) is 24.0. The highest BCUT2D eigenvalue weighted by Crippen LogP contribution is 2.40. The number of anilines is 1. The van der Waals surface area contributed by atoms with E-state index in [1.165, 1.54) is 6.07 Å². The first-order valence-electron chi connectivity index (χ1n) is 14.1. The van der Waals surface area contributed by atoms with Crippen LogP contribution in [0.5, 0.6) is 0 Å². The summed E-state index contributed by atoms with van der Waals surface area (Å²) in [6.45, 7) is 4.54. The molecule has 42 heavy (non-hydrogen) atoms. The summed E-state index contributed by atoms with van der Waals surface area (Å²) in [7, 11) is 0. The molecule has 9 heteroatoms. The lowest BCUT2D eigenvalue weighted by Crippen LogP contribution is -2.54. The van der Waals surface area contributed by atoms with Gasteiger partial charge in [0.15, 0.2) is 0 Å². The molecule has 1 saturated heterocycles. The van der Waals surface area contributed by atoms with Crippen molar-refractivity contribution in [1.82, 2.24) is 4.90 Å². The lowest BCUT2D eigenvalue weighted by Gasteiger charge is -2.42. The first-order chi connectivity index (χ1) is 20.4. The maximum Gasteiger partial charge on any atom is 0.249 e. The Hall–Kier alpha value is -2.55. The molecular weight excluding hydrogens is 594 g/mol. The second-order valence-corrected chi connectivity index (χ2v) is 12.0. The van der Waals surface area contributed by atoms with Crippen LogP contribution in [0, 0.1) is 5.82 Å². The van der Waals surface area contributed by atoms with Gasteiger partial charge in [0.1, 0.15) is 12.4 Å². The van der Waals surface area contributed by atoms with Crippen LogP contribution in [0.2, 0.25) is 10.0 Å². The Balaban J connectivity index is 0.000000336. The Morgan fingerprint density at radius 1 is 1.05 bits per heavy atom. The highest BCUT2D eigenvalue weighted by molar-refractivity contribution is 8.01. The zero-order chi connectivity index (χ0) is 30.3. The molecule has 1 heterocycles. The number of carbonyl (C=O) groups excluding carboxylic acids is 1. The van der Waals surface area contributed by atoms with Crippen LogP contribution in [0.3, 0.4) is 0 Å². The van der Waals surface area contributed by atoms with Gasteiger partial charge in [0.2, 0.25) is 5.91 Å². The monoisotopic (exact) mass is 632 g/mol. The Kier molecular flexibility index (Phi) is 14.7. The fraction of sp³-hybridized carbons (Fsp3) is 0.364. The lowest BCUT2D eigenvalue weighted by atomic mass is 10.0. The van der Waals surface area contributed by atoms with Crippen LogP contribution in [0.15, 0.2) is 91.0 Å². The molecule has 1 aliphatic carbocycles. The molecule has 2 atom stereocenters. The van der Waals surface area contributed by atoms with E-state index in [0.29, 0.717) is 29.1 Å². The normalized spacial score (nSPS) is 17.1. The molecule has 1 amide bonds. The van der Waals surface area contributed by atoms with E-state index >= 15 is 0 Å². The van der Waals surface area contributed by atoms with Gasteiger partial charge < -0.3 is 19.0 Å². The minimum atomic E-state index is -0.507. The fourth-order valence-corrected chi connectivity index (χ4v) is 5.77. The number of morpholine rings is 1. The number of aliphatic hydroxyl groups is 1. The molecule has 2 unspecified atom stereocenters. The average molecular weight is 634 g/mol. The Bertz CT molecular complexity index is 1250. The fourth-order valence-electron chi connectivity index (χ4n) is 4.27. The summed E-state index contributed by atoms with van der Waals surface area (Å²) in [4.78, 5) is 14.5. The standard InChI is InChI=1S/C22H24ClFN2O3S.C6H5Cl.C5H10/c23-16-7-5-15(6-8-16)21-13-29-14-22(28)26(21)17(12-27)11-25(30-18-9-10-18)20-4-2-1-3-19(20)24;7-6-4-2-1-3-5-6;1-3-5-4-2/h1-8,17-18,21,27H,9-14H2;1-5H;3,5H,4H2,1-2H3/b;;5-3+. The van der Waals surface area contributed by atoms with Crippen molar-refractivity contribution in [2.75, 3.05) is 30.7 Å². The third-order valence-electron chi connectivity index (χ3n) is 6.49. The van der Waals surface area contributed by atoms with Gasteiger partial charge in [-0.25, -0.2) is 4.39 Å². The highest BCUT2D eigenvalue weighted by atomic mass is 35.5. The van der Waals surface area contributed by atoms with Crippen molar-refractivity contribution < 1.29 is 19.0 Å². The van der Waals surface area contributed by atoms with Crippen LogP contribution < -0.4 is 4.31 Å². The topological polar surface area (TPSA) is 53.0 Å². The number of halogens is 3. The molecule has 226 valence electrons. The van der Waals surface area contributed by atoms with E-state index in [-0.39, 0.29) is 31.0 Å². The highest BCUT2D eigenvalue weighted by Gasteiger charge is 2.37. The lowest BCUT2D eigenvalue weighted by molar-refractivity contribution is -0.153. The van der Waals surface area contributed by atoms with Crippen LogP contribution in [0.1, 0.15) is 44.7 Å². The third kappa shape index (κ3) is 10.9. The molecule has 2 fully saturated rings. The van der Waals surface area contributed by atoms with E-state index in [9.17, 15) is 14.3 Å². The summed E-state index contributed by atoms with van der Waals surface area (Å²) in [6, 6.07) is 22.5. The second kappa shape index (κ2) is 18.2. The number of allylic oxidation sites excluding steroid dienone is 2. The van der Waals surface area contributed by atoms with E-state index in [4.69, 9.17) is 27.9 Å². The van der Waals surface area contributed by atoms with Crippen molar-refractivity contribution in [1.29, 1.82) is 0 Å². The van der Waals surface area contributed by atoms with Crippen LogP contribution >= 0.6 is 35.1 Å². The smallest absolute Gasteiger partial charge is 0.249 e. The van der Waals surface area contributed by atoms with Crippen LogP contribution in [0.4, 0.5) is 10.1 Å². The number of hydrogen-bond acceptors (Lipinski definition) is 5. The molecule has 0 aromatic heterocycles. The van der Waals surface area contributed by atoms with E-state index < -0.39 is 6.04 Å². The number of benzene rings is 3. The van der Waals surface area contributed by atoms with Crippen molar-refractivity contribution in [3.8, 4) is 0 Å². The van der Waals surface area contributed by atoms with Crippen molar-refractivity contribution in [3.05, 3.63) is 112 Å². The van der Waals surface area contributed by atoms with Crippen LogP contribution in [-0.4, -0.2) is 53.6 Å². The predicted molar refractivity (Wildman–Crippen MR) is 174 cm³/mol. The molecule has 0 bridgehead atoms. The van der Waals surface area contributed by atoms with E-state index in [1.54, 1.807) is 47.2 Å². The van der Waals surface area contributed by atoms with Gasteiger partial charge in [-0.2, -0.15) is 0 Å². The quantitative estimate of drug-likeness (QED) is 0.190. The maximum absolute atomic E-state index is 14.5. The SMILES string of the molecule is C/C=C/CC.Clc1ccccc1.O=C1COCC(c2ccc(Cl)cc2)N1C(CO)CN(SC1CC1)c1ccccc1F. The van der Waals surface area contributed by atoms with Gasteiger partial charge in [-0.15, -0.1) is 0 Å². The van der Waals surface area contributed by atoms with Crippen LogP contribution in [0.25, 0.3) is 0 Å². The molecule has 1 N–H and O–H groups in total. The van der Waals surface area contributed by atoms with Crippen molar-refractivity contribution in [3.63, 3.8) is 0 Å². The number of hydrogen-bond donors (Lipinski definition) is 1. The van der Waals surface area contributed by atoms with Crippen LogP contribution in [-0.2, 0) is 9.53 Å². The van der Waals surface area contributed by atoms with Gasteiger partial charge in [0.05, 0.1) is 37.5 Å². The number of nitrogens with zero attached hydrogens (tertiary/aromatic N) is 2. The summed E-state index contributed by atoms with van der Waals surface area (Å²) >= 11 is 13.1. The van der Waals surface area contributed by atoms with E-state index in [0.717, 1.165) is 29.8 Å². The predicted octanol–water partition coefficient (Wildman–Crippen LogP) is 8.37. The van der Waals surface area contributed by atoms with Gasteiger partial charge in [0, 0.05) is 15.3 Å². The van der Waals surface area contributed by atoms with E-state index in [1.807, 2.05) is 53.7 Å². The molecule has 1 aliphatic heterocycles. The minimum absolute atomic E-state index is 0.0317. The van der Waals surface area contributed by atoms with E-state index in [2.05, 4.69) is 19.1 Å². The maximum atomic E-state index is 14.5. The summed E-state index contributed by atoms with van der Waals surface area (Å²) in [5.74, 6) is -0.505. The minimum Gasteiger partial charge on any atom is -0.394 e. The Morgan fingerprint density at radius 3 is 2.21 bits per heavy atom.